The molecule has 0 saturated carbocycles. The first-order chi connectivity index (χ1) is 12.1. The van der Waals surface area contributed by atoms with Crippen LogP contribution < -0.4 is 0 Å². The van der Waals surface area contributed by atoms with Crippen LogP contribution in [0.15, 0.2) is 60.7 Å². The molecule has 0 amide bonds. The van der Waals surface area contributed by atoms with Gasteiger partial charge in [0.25, 0.3) is 0 Å². The molecule has 0 aliphatic rings. The molecule has 3 heteroatoms. The van der Waals surface area contributed by atoms with E-state index in [4.69, 9.17) is 0 Å². The summed E-state index contributed by atoms with van der Waals surface area (Å²) in [6.45, 7) is 6.89. The summed E-state index contributed by atoms with van der Waals surface area (Å²) in [4.78, 5) is 3.53. The van der Waals surface area contributed by atoms with E-state index in [-0.39, 0.29) is 6.04 Å². The molecule has 3 rings (SSSR count). The van der Waals surface area contributed by atoms with E-state index < -0.39 is 0 Å². The van der Waals surface area contributed by atoms with Crippen molar-refractivity contribution in [2.45, 2.75) is 39.8 Å². The lowest BCUT2D eigenvalue weighted by Gasteiger charge is -2.27. The highest BCUT2D eigenvalue weighted by Gasteiger charge is 2.26. The fourth-order valence-electron chi connectivity index (χ4n) is 3.60. The average Bonchev–Trinajstić information content (AvgIpc) is 2.90. The molecule has 1 unspecified atom stereocenters. The summed E-state index contributed by atoms with van der Waals surface area (Å²) in [6.07, 6.45) is 0.986. The van der Waals surface area contributed by atoms with Gasteiger partial charge < -0.3 is 10.2 Å². The Hall–Kier alpha value is -2.36. The molecule has 1 aromatic heterocycles. The molecule has 0 saturated heterocycles. The number of rotatable bonds is 6. The summed E-state index contributed by atoms with van der Waals surface area (Å²) >= 11 is 0. The third-order valence-corrected chi connectivity index (χ3v) is 4.86. The zero-order valence-corrected chi connectivity index (χ0v) is 15.2. The van der Waals surface area contributed by atoms with Gasteiger partial charge in [0.15, 0.2) is 0 Å². The van der Waals surface area contributed by atoms with E-state index in [0.717, 1.165) is 23.2 Å². The first kappa shape index (κ1) is 17.5. The van der Waals surface area contributed by atoms with E-state index >= 15 is 0 Å². The Balaban J connectivity index is 2.02. The smallest absolute Gasteiger partial charge is 0.100 e. The SMILES string of the molecule is CCc1c(C)[nH]c(C(c2ccccc2)N(O)Cc2ccccc2)c1C. The molecule has 1 atom stereocenters. The minimum absolute atomic E-state index is 0.222. The largest absolute Gasteiger partial charge is 0.360 e. The van der Waals surface area contributed by atoms with Crippen molar-refractivity contribution in [2.75, 3.05) is 0 Å². The number of nitrogens with zero attached hydrogens (tertiary/aromatic N) is 1. The monoisotopic (exact) mass is 334 g/mol. The number of nitrogens with one attached hydrogen (secondary N) is 1. The first-order valence-corrected chi connectivity index (χ1v) is 8.84. The first-order valence-electron chi connectivity index (χ1n) is 8.84. The Morgan fingerprint density at radius 3 is 2.12 bits per heavy atom. The van der Waals surface area contributed by atoms with Crippen LogP contribution >= 0.6 is 0 Å². The van der Waals surface area contributed by atoms with Gasteiger partial charge in [-0.1, -0.05) is 67.6 Å². The lowest BCUT2D eigenvalue weighted by Crippen LogP contribution is -2.26. The third-order valence-electron chi connectivity index (χ3n) is 4.86. The Morgan fingerprint density at radius 2 is 1.56 bits per heavy atom. The molecule has 1 heterocycles. The van der Waals surface area contributed by atoms with Crippen LogP contribution in [-0.4, -0.2) is 15.3 Å². The molecular weight excluding hydrogens is 308 g/mol. The quantitative estimate of drug-likeness (QED) is 0.610. The molecule has 130 valence electrons. The fraction of sp³-hybridized carbons (Fsp3) is 0.273. The predicted molar refractivity (Wildman–Crippen MR) is 102 cm³/mol. The van der Waals surface area contributed by atoms with Crippen molar-refractivity contribution in [1.29, 1.82) is 0 Å². The van der Waals surface area contributed by atoms with Gasteiger partial charge in [-0.15, -0.1) is 0 Å². The number of hydrogen-bond donors (Lipinski definition) is 2. The van der Waals surface area contributed by atoms with Crippen molar-refractivity contribution in [3.05, 3.63) is 94.3 Å². The number of aryl methyl sites for hydroxylation is 1. The van der Waals surface area contributed by atoms with Crippen molar-refractivity contribution in [3.63, 3.8) is 0 Å². The van der Waals surface area contributed by atoms with E-state index in [0.29, 0.717) is 6.54 Å². The van der Waals surface area contributed by atoms with Gasteiger partial charge in [0.1, 0.15) is 6.04 Å². The van der Waals surface area contributed by atoms with Crippen LogP contribution in [0.25, 0.3) is 0 Å². The van der Waals surface area contributed by atoms with Crippen LogP contribution in [0.4, 0.5) is 0 Å². The molecule has 2 N–H and O–H groups in total. The van der Waals surface area contributed by atoms with Crippen LogP contribution in [0.3, 0.4) is 0 Å². The predicted octanol–water partition coefficient (Wildman–Crippen LogP) is 5.17. The van der Waals surface area contributed by atoms with Gasteiger partial charge in [-0.2, -0.15) is 5.06 Å². The number of benzene rings is 2. The summed E-state index contributed by atoms with van der Waals surface area (Å²) in [5.74, 6) is 0. The van der Waals surface area contributed by atoms with Crippen LogP contribution in [0, 0.1) is 13.8 Å². The molecular formula is C22H26N2O. The summed E-state index contributed by atoms with van der Waals surface area (Å²) < 4.78 is 0. The number of H-pyrrole nitrogens is 1. The highest BCUT2D eigenvalue weighted by molar-refractivity contribution is 5.41. The number of hydrogen-bond acceptors (Lipinski definition) is 2. The minimum Gasteiger partial charge on any atom is -0.360 e. The summed E-state index contributed by atoms with van der Waals surface area (Å²) in [6, 6.07) is 20.0. The van der Waals surface area contributed by atoms with Gasteiger partial charge >= 0.3 is 0 Å². The number of hydroxylamine groups is 2. The van der Waals surface area contributed by atoms with E-state index in [1.165, 1.54) is 21.9 Å². The van der Waals surface area contributed by atoms with E-state index in [2.05, 4.69) is 37.9 Å². The van der Waals surface area contributed by atoms with Crippen molar-refractivity contribution in [1.82, 2.24) is 10.0 Å². The standard InChI is InChI=1S/C22H26N2O/c1-4-20-16(2)21(23-17(20)3)22(19-13-9-6-10-14-19)24(25)15-18-11-7-5-8-12-18/h5-14,22-23,25H,4,15H2,1-3H3. The van der Waals surface area contributed by atoms with Gasteiger partial charge in [-0.05, 0) is 42.5 Å². The molecule has 0 radical (unpaired) electrons. The van der Waals surface area contributed by atoms with Gasteiger partial charge in [0.2, 0.25) is 0 Å². The molecule has 2 aromatic carbocycles. The Morgan fingerprint density at radius 1 is 0.960 bits per heavy atom. The average molecular weight is 334 g/mol. The lowest BCUT2D eigenvalue weighted by atomic mass is 9.98. The molecule has 0 aliphatic carbocycles. The van der Waals surface area contributed by atoms with E-state index in [9.17, 15) is 5.21 Å². The zero-order valence-electron chi connectivity index (χ0n) is 15.2. The Bertz CT molecular complexity index is 809. The Kier molecular flexibility index (Phi) is 5.37. The summed E-state index contributed by atoms with van der Waals surface area (Å²) in [5.41, 5.74) is 6.99. The molecule has 25 heavy (non-hydrogen) atoms. The topological polar surface area (TPSA) is 39.3 Å². The molecule has 3 aromatic rings. The molecule has 0 bridgehead atoms. The maximum absolute atomic E-state index is 11.0. The van der Waals surface area contributed by atoms with Gasteiger partial charge in [-0.25, -0.2) is 0 Å². The summed E-state index contributed by atoms with van der Waals surface area (Å²) in [7, 11) is 0. The molecule has 0 fully saturated rings. The van der Waals surface area contributed by atoms with Crippen molar-refractivity contribution in [3.8, 4) is 0 Å². The lowest BCUT2D eigenvalue weighted by molar-refractivity contribution is -0.126. The second kappa shape index (κ2) is 7.68. The van der Waals surface area contributed by atoms with Gasteiger partial charge in [0, 0.05) is 17.9 Å². The maximum Gasteiger partial charge on any atom is 0.100 e. The molecule has 0 aliphatic heterocycles. The molecule has 0 spiro atoms. The van der Waals surface area contributed by atoms with Crippen LogP contribution in [0.2, 0.25) is 0 Å². The van der Waals surface area contributed by atoms with E-state index in [1.54, 1.807) is 0 Å². The number of aromatic amines is 1. The fourth-order valence-corrected chi connectivity index (χ4v) is 3.60. The van der Waals surface area contributed by atoms with Gasteiger partial charge in [-0.3, -0.25) is 0 Å². The third kappa shape index (κ3) is 3.68. The van der Waals surface area contributed by atoms with Crippen LogP contribution in [0.1, 0.15) is 46.6 Å². The van der Waals surface area contributed by atoms with Crippen molar-refractivity contribution >= 4 is 0 Å². The zero-order chi connectivity index (χ0) is 17.8. The number of aromatic nitrogens is 1. The van der Waals surface area contributed by atoms with Crippen molar-refractivity contribution < 1.29 is 5.21 Å². The normalized spacial score (nSPS) is 12.5. The van der Waals surface area contributed by atoms with Crippen molar-refractivity contribution in [2.24, 2.45) is 0 Å². The maximum atomic E-state index is 11.0. The summed E-state index contributed by atoms with van der Waals surface area (Å²) in [5, 5.41) is 12.4. The van der Waals surface area contributed by atoms with Crippen LogP contribution in [0.5, 0.6) is 0 Å². The van der Waals surface area contributed by atoms with Gasteiger partial charge in [0.05, 0.1) is 0 Å². The van der Waals surface area contributed by atoms with E-state index in [1.807, 2.05) is 48.5 Å². The minimum atomic E-state index is -0.222. The molecule has 3 nitrogen and oxygen atoms in total. The second-order valence-electron chi connectivity index (χ2n) is 6.52. The Labute approximate surface area is 149 Å². The second-order valence-corrected chi connectivity index (χ2v) is 6.52. The highest BCUT2D eigenvalue weighted by Crippen LogP contribution is 2.32. The van der Waals surface area contributed by atoms with Crippen LogP contribution in [-0.2, 0) is 13.0 Å². The highest BCUT2D eigenvalue weighted by atomic mass is 16.5.